The predicted molar refractivity (Wildman–Crippen MR) is 117 cm³/mol. The smallest absolute Gasteiger partial charge is 0.254 e. The summed E-state index contributed by atoms with van der Waals surface area (Å²) in [5.74, 6) is -0.128. The molecule has 30 heavy (non-hydrogen) atoms. The Labute approximate surface area is 185 Å². The maximum Gasteiger partial charge on any atom is 0.254 e. The zero-order valence-corrected chi connectivity index (χ0v) is 18.2. The van der Waals surface area contributed by atoms with Gasteiger partial charge in [0.05, 0.1) is 10.0 Å². The van der Waals surface area contributed by atoms with Gasteiger partial charge in [0.1, 0.15) is 4.90 Å². The summed E-state index contributed by atoms with van der Waals surface area (Å²) in [6, 6.07) is 15.8. The average molecular weight is 464 g/mol. The minimum Gasteiger partial charge on any atom is -0.336 e. The molecule has 0 unspecified atom stereocenters. The fraction of sp³-hybridized carbons (Fsp3) is 0.190. The van der Waals surface area contributed by atoms with Crippen LogP contribution in [0.1, 0.15) is 10.4 Å². The summed E-state index contributed by atoms with van der Waals surface area (Å²) in [4.78, 5) is 14.5. The molecule has 0 spiro atoms. The SMILES string of the molecule is O=C(c1cccc(-n2cccc2)c1)N1CCN(S(=O)(=O)c2c(Cl)cccc2Cl)CC1. The van der Waals surface area contributed by atoms with Gasteiger partial charge in [0, 0.05) is 49.8 Å². The molecular formula is C21H19Cl2N3O3S. The molecule has 9 heteroatoms. The van der Waals surface area contributed by atoms with Crippen molar-refractivity contribution >= 4 is 39.1 Å². The molecular weight excluding hydrogens is 445 g/mol. The molecule has 2 aromatic carbocycles. The molecule has 0 N–H and O–H groups in total. The third kappa shape index (κ3) is 3.98. The fourth-order valence-corrected chi connectivity index (χ4v) is 5.99. The van der Waals surface area contributed by atoms with Crippen molar-refractivity contribution in [3.8, 4) is 5.69 Å². The summed E-state index contributed by atoms with van der Waals surface area (Å²) in [7, 11) is -3.85. The van der Waals surface area contributed by atoms with E-state index in [-0.39, 0.29) is 47.0 Å². The van der Waals surface area contributed by atoms with Crippen molar-refractivity contribution in [2.45, 2.75) is 4.90 Å². The van der Waals surface area contributed by atoms with Gasteiger partial charge in [-0.3, -0.25) is 4.79 Å². The van der Waals surface area contributed by atoms with Gasteiger partial charge in [0.25, 0.3) is 5.91 Å². The Bertz CT molecular complexity index is 1150. The van der Waals surface area contributed by atoms with Gasteiger partial charge >= 0.3 is 0 Å². The molecule has 0 aliphatic carbocycles. The van der Waals surface area contributed by atoms with Crippen LogP contribution in [-0.4, -0.2) is 54.3 Å². The Hall–Kier alpha value is -2.32. The summed E-state index contributed by atoms with van der Waals surface area (Å²) in [5.41, 5.74) is 1.45. The molecule has 1 amide bonds. The van der Waals surface area contributed by atoms with E-state index in [1.165, 1.54) is 16.4 Å². The minimum absolute atomic E-state index is 0.0860. The summed E-state index contributed by atoms with van der Waals surface area (Å²) < 4.78 is 29.2. The third-order valence-electron chi connectivity index (χ3n) is 5.04. The molecule has 0 saturated carbocycles. The van der Waals surface area contributed by atoms with E-state index in [9.17, 15) is 13.2 Å². The Balaban J connectivity index is 1.48. The number of aromatic nitrogens is 1. The van der Waals surface area contributed by atoms with Crippen LogP contribution in [0.2, 0.25) is 10.0 Å². The number of benzene rings is 2. The van der Waals surface area contributed by atoms with Crippen LogP contribution in [0.15, 0.2) is 71.9 Å². The Kier molecular flexibility index (Phi) is 5.88. The molecule has 1 aromatic heterocycles. The van der Waals surface area contributed by atoms with E-state index < -0.39 is 10.0 Å². The third-order valence-corrected chi connectivity index (χ3v) is 7.89. The minimum atomic E-state index is -3.85. The van der Waals surface area contributed by atoms with Crippen molar-refractivity contribution in [3.05, 3.63) is 82.6 Å². The van der Waals surface area contributed by atoms with E-state index >= 15 is 0 Å². The number of carbonyl (C=O) groups is 1. The van der Waals surface area contributed by atoms with Gasteiger partial charge in [0.15, 0.2) is 0 Å². The van der Waals surface area contributed by atoms with Crippen LogP contribution in [0.3, 0.4) is 0 Å². The Morgan fingerprint density at radius 2 is 1.43 bits per heavy atom. The van der Waals surface area contributed by atoms with Crippen molar-refractivity contribution in [3.63, 3.8) is 0 Å². The van der Waals surface area contributed by atoms with Gasteiger partial charge in [-0.2, -0.15) is 4.31 Å². The monoisotopic (exact) mass is 463 g/mol. The van der Waals surface area contributed by atoms with Gasteiger partial charge < -0.3 is 9.47 Å². The van der Waals surface area contributed by atoms with Crippen LogP contribution < -0.4 is 0 Å². The lowest BCUT2D eigenvalue weighted by atomic mass is 10.1. The van der Waals surface area contributed by atoms with Crippen LogP contribution in [0.25, 0.3) is 5.69 Å². The molecule has 3 aromatic rings. The van der Waals surface area contributed by atoms with E-state index in [4.69, 9.17) is 23.2 Å². The number of amides is 1. The van der Waals surface area contributed by atoms with Crippen LogP contribution in [0, 0.1) is 0 Å². The number of nitrogens with zero attached hydrogens (tertiary/aromatic N) is 3. The molecule has 1 aliphatic rings. The van der Waals surface area contributed by atoms with Crippen LogP contribution in [-0.2, 0) is 10.0 Å². The molecule has 2 heterocycles. The predicted octanol–water partition coefficient (Wildman–Crippen LogP) is 3.93. The first-order chi connectivity index (χ1) is 14.4. The number of hydrogen-bond acceptors (Lipinski definition) is 3. The second kappa shape index (κ2) is 8.43. The molecule has 6 nitrogen and oxygen atoms in total. The number of piperazine rings is 1. The van der Waals surface area contributed by atoms with Crippen LogP contribution in [0.4, 0.5) is 0 Å². The first-order valence-electron chi connectivity index (χ1n) is 9.35. The van der Waals surface area contributed by atoms with Crippen LogP contribution >= 0.6 is 23.2 Å². The molecule has 0 radical (unpaired) electrons. The largest absolute Gasteiger partial charge is 0.336 e. The van der Waals surface area contributed by atoms with E-state index in [2.05, 4.69) is 0 Å². The van der Waals surface area contributed by atoms with Gasteiger partial charge in [-0.05, 0) is 42.5 Å². The van der Waals surface area contributed by atoms with Crippen molar-refractivity contribution in [1.29, 1.82) is 0 Å². The zero-order chi connectivity index (χ0) is 21.3. The number of hydrogen-bond donors (Lipinski definition) is 0. The first kappa shape index (κ1) is 20.9. The van der Waals surface area contributed by atoms with Gasteiger partial charge in [-0.15, -0.1) is 0 Å². The van der Waals surface area contributed by atoms with Crippen molar-refractivity contribution in [1.82, 2.24) is 13.8 Å². The molecule has 0 atom stereocenters. The Morgan fingerprint density at radius 3 is 2.07 bits per heavy atom. The highest BCUT2D eigenvalue weighted by molar-refractivity contribution is 7.89. The molecule has 0 bridgehead atoms. The number of carbonyl (C=O) groups excluding carboxylic acids is 1. The zero-order valence-electron chi connectivity index (χ0n) is 15.9. The summed E-state index contributed by atoms with van der Waals surface area (Å²) >= 11 is 12.2. The standard InChI is InChI=1S/C21H19Cl2N3O3S/c22-18-7-4-8-19(23)20(18)30(28,29)26-13-11-25(12-14-26)21(27)16-5-3-6-17(15-16)24-9-1-2-10-24/h1-10,15H,11-14H2. The number of rotatable bonds is 4. The highest BCUT2D eigenvalue weighted by Crippen LogP contribution is 2.32. The van der Waals surface area contributed by atoms with Gasteiger partial charge in [-0.1, -0.05) is 35.3 Å². The van der Waals surface area contributed by atoms with Crippen molar-refractivity contribution in [2.24, 2.45) is 0 Å². The first-order valence-corrected chi connectivity index (χ1v) is 11.5. The summed E-state index contributed by atoms with van der Waals surface area (Å²) in [6.07, 6.45) is 3.82. The molecule has 1 saturated heterocycles. The van der Waals surface area contributed by atoms with Gasteiger partial charge in [-0.25, -0.2) is 8.42 Å². The molecule has 4 rings (SSSR count). The molecule has 156 valence electrons. The second-order valence-electron chi connectivity index (χ2n) is 6.89. The maximum atomic E-state index is 13.0. The van der Waals surface area contributed by atoms with E-state index in [1.807, 2.05) is 47.3 Å². The lowest BCUT2D eigenvalue weighted by Crippen LogP contribution is -2.50. The second-order valence-corrected chi connectivity index (χ2v) is 9.58. The maximum absolute atomic E-state index is 13.0. The van der Waals surface area contributed by atoms with E-state index in [0.717, 1.165) is 5.69 Å². The normalized spacial score (nSPS) is 15.3. The highest BCUT2D eigenvalue weighted by atomic mass is 35.5. The number of halogens is 2. The van der Waals surface area contributed by atoms with Gasteiger partial charge in [0.2, 0.25) is 10.0 Å². The van der Waals surface area contributed by atoms with Crippen molar-refractivity contribution < 1.29 is 13.2 Å². The topological polar surface area (TPSA) is 62.6 Å². The quantitative estimate of drug-likeness (QED) is 0.588. The molecule has 1 aliphatic heterocycles. The number of sulfonamides is 1. The van der Waals surface area contributed by atoms with Crippen LogP contribution in [0.5, 0.6) is 0 Å². The van der Waals surface area contributed by atoms with E-state index in [0.29, 0.717) is 5.56 Å². The van der Waals surface area contributed by atoms with E-state index in [1.54, 1.807) is 17.0 Å². The molecule has 1 fully saturated rings. The average Bonchev–Trinajstić information content (AvgIpc) is 3.28. The lowest BCUT2D eigenvalue weighted by Gasteiger charge is -2.34. The fourth-order valence-electron chi connectivity index (χ4n) is 3.48. The Morgan fingerprint density at radius 1 is 0.833 bits per heavy atom. The summed E-state index contributed by atoms with van der Waals surface area (Å²) in [6.45, 7) is 0.918. The lowest BCUT2D eigenvalue weighted by molar-refractivity contribution is 0.0698. The van der Waals surface area contributed by atoms with Crippen molar-refractivity contribution in [2.75, 3.05) is 26.2 Å². The summed E-state index contributed by atoms with van der Waals surface area (Å²) in [5, 5.41) is 0.172. The highest BCUT2D eigenvalue weighted by Gasteiger charge is 2.33.